The molecular weight excluding hydrogens is 218 g/mol. The van der Waals surface area contributed by atoms with Crippen LogP contribution >= 0.6 is 0 Å². The molecule has 6 nitrogen and oxygen atoms in total. The SMILES string of the molecule is NCc1cc(C(=O)Nc2ccncn2)ccn1. The topological polar surface area (TPSA) is 93.8 Å². The molecule has 0 aliphatic carbocycles. The zero-order chi connectivity index (χ0) is 12.1. The maximum absolute atomic E-state index is 11.8. The van der Waals surface area contributed by atoms with E-state index < -0.39 is 0 Å². The second kappa shape index (κ2) is 5.13. The number of aromatic nitrogens is 3. The minimum Gasteiger partial charge on any atom is -0.325 e. The van der Waals surface area contributed by atoms with Crippen LogP contribution < -0.4 is 11.1 Å². The van der Waals surface area contributed by atoms with Crippen LogP contribution in [0.1, 0.15) is 16.1 Å². The van der Waals surface area contributed by atoms with E-state index >= 15 is 0 Å². The third kappa shape index (κ3) is 2.82. The van der Waals surface area contributed by atoms with Crippen molar-refractivity contribution < 1.29 is 4.79 Å². The van der Waals surface area contributed by atoms with Gasteiger partial charge < -0.3 is 11.1 Å². The van der Waals surface area contributed by atoms with Crippen molar-refractivity contribution in [1.82, 2.24) is 15.0 Å². The van der Waals surface area contributed by atoms with Gasteiger partial charge in [0.1, 0.15) is 12.1 Å². The maximum Gasteiger partial charge on any atom is 0.256 e. The van der Waals surface area contributed by atoms with Gasteiger partial charge in [0.05, 0.1) is 5.69 Å². The van der Waals surface area contributed by atoms with Gasteiger partial charge in [0, 0.05) is 24.5 Å². The fourth-order valence-electron chi connectivity index (χ4n) is 1.28. The lowest BCUT2D eigenvalue weighted by molar-refractivity contribution is 0.102. The first-order valence-corrected chi connectivity index (χ1v) is 5.02. The molecule has 0 aromatic carbocycles. The molecule has 0 aliphatic rings. The van der Waals surface area contributed by atoms with E-state index in [1.54, 1.807) is 30.6 Å². The van der Waals surface area contributed by atoms with Crippen molar-refractivity contribution in [2.45, 2.75) is 6.54 Å². The molecule has 2 aromatic heterocycles. The number of amides is 1. The van der Waals surface area contributed by atoms with Gasteiger partial charge in [-0.25, -0.2) is 9.97 Å². The number of nitrogens with one attached hydrogen (secondary N) is 1. The maximum atomic E-state index is 11.8. The van der Waals surface area contributed by atoms with E-state index in [1.807, 2.05) is 0 Å². The molecule has 86 valence electrons. The van der Waals surface area contributed by atoms with Crippen molar-refractivity contribution in [1.29, 1.82) is 0 Å². The molecule has 0 spiro atoms. The number of hydrogen-bond donors (Lipinski definition) is 2. The minimum absolute atomic E-state index is 0.249. The summed E-state index contributed by atoms with van der Waals surface area (Å²) in [5.41, 5.74) is 6.62. The third-order valence-electron chi connectivity index (χ3n) is 2.11. The van der Waals surface area contributed by atoms with Gasteiger partial charge in [-0.2, -0.15) is 0 Å². The van der Waals surface area contributed by atoms with Gasteiger partial charge >= 0.3 is 0 Å². The smallest absolute Gasteiger partial charge is 0.256 e. The minimum atomic E-state index is -0.249. The highest BCUT2D eigenvalue weighted by Gasteiger charge is 2.07. The Kier molecular flexibility index (Phi) is 3.37. The molecule has 0 atom stereocenters. The predicted molar refractivity (Wildman–Crippen MR) is 62.1 cm³/mol. The number of carbonyl (C=O) groups is 1. The normalized spacial score (nSPS) is 9.94. The number of rotatable bonds is 3. The Labute approximate surface area is 97.9 Å². The quantitative estimate of drug-likeness (QED) is 0.803. The molecule has 0 aliphatic heterocycles. The Bertz CT molecular complexity index is 514. The Morgan fingerprint density at radius 3 is 2.88 bits per heavy atom. The molecular formula is C11H11N5O. The lowest BCUT2D eigenvalue weighted by Gasteiger charge is -2.04. The standard InChI is InChI=1S/C11H11N5O/c12-6-9-5-8(1-4-14-9)11(17)16-10-2-3-13-7-15-10/h1-5,7H,6,12H2,(H,13,15,16,17). The van der Waals surface area contributed by atoms with Gasteiger partial charge in [-0.1, -0.05) is 0 Å². The van der Waals surface area contributed by atoms with E-state index in [4.69, 9.17) is 5.73 Å². The molecule has 3 N–H and O–H groups in total. The molecule has 0 radical (unpaired) electrons. The molecule has 2 heterocycles. The fraction of sp³-hybridized carbons (Fsp3) is 0.0909. The molecule has 0 saturated heterocycles. The average Bonchev–Trinajstić information content (AvgIpc) is 2.40. The summed E-state index contributed by atoms with van der Waals surface area (Å²) in [6.45, 7) is 0.300. The summed E-state index contributed by atoms with van der Waals surface area (Å²) in [7, 11) is 0. The van der Waals surface area contributed by atoms with Crippen molar-refractivity contribution in [2.24, 2.45) is 5.73 Å². The number of nitrogens with two attached hydrogens (primary N) is 1. The number of nitrogens with zero attached hydrogens (tertiary/aromatic N) is 3. The van der Waals surface area contributed by atoms with Crippen LogP contribution in [-0.2, 0) is 6.54 Å². The van der Waals surface area contributed by atoms with E-state index in [0.29, 0.717) is 23.6 Å². The molecule has 2 aromatic rings. The molecule has 17 heavy (non-hydrogen) atoms. The van der Waals surface area contributed by atoms with Crippen LogP contribution in [0.3, 0.4) is 0 Å². The van der Waals surface area contributed by atoms with Crippen LogP contribution in [0.2, 0.25) is 0 Å². The van der Waals surface area contributed by atoms with E-state index in [0.717, 1.165) is 0 Å². The Balaban J connectivity index is 2.14. The van der Waals surface area contributed by atoms with Crippen LogP contribution in [0.5, 0.6) is 0 Å². The number of hydrogen-bond acceptors (Lipinski definition) is 5. The van der Waals surface area contributed by atoms with Crippen LogP contribution in [-0.4, -0.2) is 20.9 Å². The van der Waals surface area contributed by atoms with E-state index in [9.17, 15) is 4.79 Å². The van der Waals surface area contributed by atoms with Crippen LogP contribution in [0.25, 0.3) is 0 Å². The molecule has 0 saturated carbocycles. The molecule has 2 rings (SSSR count). The van der Waals surface area contributed by atoms with Crippen molar-refractivity contribution in [3.63, 3.8) is 0 Å². The first-order valence-electron chi connectivity index (χ1n) is 5.02. The third-order valence-corrected chi connectivity index (χ3v) is 2.11. The highest BCUT2D eigenvalue weighted by atomic mass is 16.1. The van der Waals surface area contributed by atoms with Crippen LogP contribution in [0, 0.1) is 0 Å². The summed E-state index contributed by atoms with van der Waals surface area (Å²) in [5, 5.41) is 2.65. The number of anilines is 1. The zero-order valence-electron chi connectivity index (χ0n) is 9.00. The van der Waals surface area contributed by atoms with Gasteiger partial charge in [0.15, 0.2) is 0 Å². The average molecular weight is 229 g/mol. The van der Waals surface area contributed by atoms with Gasteiger partial charge in [-0.3, -0.25) is 9.78 Å². The first-order chi connectivity index (χ1) is 8.29. The molecule has 6 heteroatoms. The molecule has 1 amide bonds. The summed E-state index contributed by atoms with van der Waals surface area (Å²) in [6, 6.07) is 4.88. The van der Waals surface area contributed by atoms with Gasteiger partial charge in [-0.15, -0.1) is 0 Å². The van der Waals surface area contributed by atoms with Crippen molar-refractivity contribution in [3.8, 4) is 0 Å². The summed E-state index contributed by atoms with van der Waals surface area (Å²) in [6.07, 6.45) is 4.48. The van der Waals surface area contributed by atoms with E-state index in [2.05, 4.69) is 20.3 Å². The Morgan fingerprint density at radius 1 is 1.29 bits per heavy atom. The summed E-state index contributed by atoms with van der Waals surface area (Å²) in [5.74, 6) is 0.205. The van der Waals surface area contributed by atoms with Gasteiger partial charge in [0.25, 0.3) is 5.91 Å². The van der Waals surface area contributed by atoms with E-state index in [-0.39, 0.29) is 5.91 Å². The Morgan fingerprint density at radius 2 is 2.18 bits per heavy atom. The molecule has 0 bridgehead atoms. The summed E-state index contributed by atoms with van der Waals surface area (Å²) < 4.78 is 0. The fourth-order valence-corrected chi connectivity index (χ4v) is 1.28. The second-order valence-corrected chi connectivity index (χ2v) is 3.29. The van der Waals surface area contributed by atoms with Crippen LogP contribution in [0.4, 0.5) is 5.82 Å². The Hall–Kier alpha value is -2.34. The lowest BCUT2D eigenvalue weighted by Crippen LogP contribution is -2.14. The van der Waals surface area contributed by atoms with Crippen LogP contribution in [0.15, 0.2) is 36.9 Å². The van der Waals surface area contributed by atoms with Gasteiger partial charge in [0.2, 0.25) is 0 Å². The summed E-state index contributed by atoms with van der Waals surface area (Å²) >= 11 is 0. The monoisotopic (exact) mass is 229 g/mol. The van der Waals surface area contributed by atoms with Gasteiger partial charge in [-0.05, 0) is 18.2 Å². The summed E-state index contributed by atoms with van der Waals surface area (Å²) in [4.78, 5) is 23.5. The largest absolute Gasteiger partial charge is 0.325 e. The van der Waals surface area contributed by atoms with Crippen molar-refractivity contribution in [2.75, 3.05) is 5.32 Å². The lowest BCUT2D eigenvalue weighted by atomic mass is 10.2. The van der Waals surface area contributed by atoms with Crippen molar-refractivity contribution >= 4 is 11.7 Å². The molecule has 0 unspecified atom stereocenters. The highest BCUT2D eigenvalue weighted by molar-refractivity contribution is 6.03. The second-order valence-electron chi connectivity index (χ2n) is 3.29. The predicted octanol–water partition coefficient (Wildman–Crippen LogP) is 0.583. The van der Waals surface area contributed by atoms with Crippen molar-refractivity contribution in [3.05, 3.63) is 48.2 Å². The highest BCUT2D eigenvalue weighted by Crippen LogP contribution is 2.05. The zero-order valence-corrected chi connectivity index (χ0v) is 9.00. The molecule has 0 fully saturated rings. The van der Waals surface area contributed by atoms with E-state index in [1.165, 1.54) is 6.33 Å². The number of carbonyl (C=O) groups excluding carboxylic acids is 1. The first kappa shape index (κ1) is 11.2. The number of pyridine rings is 1.